The summed E-state index contributed by atoms with van der Waals surface area (Å²) in [6, 6.07) is 0. The van der Waals surface area contributed by atoms with Crippen molar-refractivity contribution in [2.24, 2.45) is 0 Å². The van der Waals surface area contributed by atoms with Gasteiger partial charge < -0.3 is 0 Å². The zero-order valence-corrected chi connectivity index (χ0v) is 4.60. The molecule has 0 nitrogen and oxygen atoms in total. The van der Waals surface area contributed by atoms with Gasteiger partial charge in [0, 0.05) is 17.1 Å². The fourth-order valence-corrected chi connectivity index (χ4v) is 0. The second kappa shape index (κ2) is 17.0. The summed E-state index contributed by atoms with van der Waals surface area (Å²) in [5.74, 6) is 0. The third-order valence-electron chi connectivity index (χ3n) is 0. The third-order valence-corrected chi connectivity index (χ3v) is 0. The van der Waals surface area contributed by atoms with Crippen LogP contribution in [-0.2, 0) is 17.1 Å². The summed E-state index contributed by atoms with van der Waals surface area (Å²) in [7, 11) is 0. The van der Waals surface area contributed by atoms with Crippen molar-refractivity contribution in [1.29, 1.82) is 0 Å². The van der Waals surface area contributed by atoms with Crippen LogP contribution in [0.5, 0.6) is 0 Å². The van der Waals surface area contributed by atoms with E-state index in [9.17, 15) is 0 Å². The van der Waals surface area contributed by atoms with E-state index in [2.05, 4.69) is 0 Å². The predicted molar refractivity (Wildman–Crippen MR) is 28.4 cm³/mol. The molecule has 0 aliphatic carbocycles. The average molecular weight is 384 g/mol. The van der Waals surface area contributed by atoms with Crippen LogP contribution < -0.4 is 0 Å². The molecule has 0 aliphatic rings. The Morgan fingerprint density at radius 2 is 1.00 bits per heavy atom. The molecule has 1 radical (unpaired) electrons. The monoisotopic (exact) mass is 385 g/mol. The van der Waals surface area contributed by atoms with E-state index in [4.69, 9.17) is 0 Å². The molecule has 4 heteroatoms. The molecule has 0 unspecified atom stereocenters. The van der Waals surface area contributed by atoms with Crippen LogP contribution >= 0.6 is 0 Å². The summed E-state index contributed by atoms with van der Waals surface area (Å²) in [5, 5.41) is 0. The molecule has 0 aromatic carbocycles. The van der Waals surface area contributed by atoms with E-state index in [-0.39, 0.29) is 86.4 Å². The SMILES string of the molecule is [Cu].[GaH3].[InH3].[TeH2]. The topological polar surface area (TPSA) is 0 Å². The van der Waals surface area contributed by atoms with Gasteiger partial charge in [-0.25, -0.2) is 0 Å². The van der Waals surface area contributed by atoms with Gasteiger partial charge in [0.25, 0.3) is 0 Å². The third kappa shape index (κ3) is 8.84. The number of hydrogen-bond acceptors (Lipinski definition) is 0. The molecule has 0 aliphatic heterocycles. The van der Waals surface area contributed by atoms with Crippen LogP contribution in [0.1, 0.15) is 0 Å². The van der Waals surface area contributed by atoms with E-state index in [1.54, 1.807) is 0 Å². The van der Waals surface area contributed by atoms with E-state index in [1.807, 2.05) is 0 Å². The zero-order valence-electron chi connectivity index (χ0n) is 0.802. The summed E-state index contributed by atoms with van der Waals surface area (Å²) in [4.78, 5) is 0. The second-order valence-electron chi connectivity index (χ2n) is 0. The minimum absolute atomic E-state index is 0. The standard InChI is InChI=1S/Cu.Ga.In.H2Te.6H/h;;;1H2;;;;;;. The van der Waals surface area contributed by atoms with Crippen molar-refractivity contribution >= 4 is 69.3 Å². The second-order valence-corrected chi connectivity index (χ2v) is 0. The van der Waals surface area contributed by atoms with Crippen molar-refractivity contribution in [3.05, 3.63) is 0 Å². The van der Waals surface area contributed by atoms with E-state index in [0.717, 1.165) is 0 Å². The Hall–Kier alpha value is 2.82. The molecule has 0 saturated heterocycles. The number of hydrogen-bond donors (Lipinski definition) is 0. The van der Waals surface area contributed by atoms with Gasteiger partial charge in [0.15, 0.2) is 0 Å². The molecule has 0 atom stereocenters. The Balaban J connectivity index is 0. The van der Waals surface area contributed by atoms with Crippen molar-refractivity contribution in [1.82, 2.24) is 0 Å². The Morgan fingerprint density at radius 1 is 1.00 bits per heavy atom. The van der Waals surface area contributed by atoms with E-state index in [1.165, 1.54) is 0 Å². The first-order valence-corrected chi connectivity index (χ1v) is 0. The molecule has 0 aromatic heterocycles. The quantitative estimate of drug-likeness (QED) is 0.385. The van der Waals surface area contributed by atoms with Crippen molar-refractivity contribution < 1.29 is 17.1 Å². The van der Waals surface area contributed by atoms with E-state index in [0.29, 0.717) is 0 Å². The molecule has 0 N–H and O–H groups in total. The van der Waals surface area contributed by atoms with Gasteiger partial charge in [-0.3, -0.25) is 0 Å². The fourth-order valence-electron chi connectivity index (χ4n) is 0. The van der Waals surface area contributed by atoms with E-state index >= 15 is 0 Å². The normalized spacial score (nSPS) is 0. The van der Waals surface area contributed by atoms with Crippen molar-refractivity contribution in [2.75, 3.05) is 0 Å². The Bertz CT molecular complexity index is 8.00. The van der Waals surface area contributed by atoms with Gasteiger partial charge in [-0.1, -0.05) is 0 Å². The van der Waals surface area contributed by atoms with Crippen molar-refractivity contribution in [3.63, 3.8) is 0 Å². The fraction of sp³-hybridized carbons (Fsp3) is 0. The first-order valence-electron chi connectivity index (χ1n) is 0. The average Bonchev–Trinajstić information content (AvgIpc) is 0. The van der Waals surface area contributed by atoms with Crippen LogP contribution in [0.3, 0.4) is 0 Å². The van der Waals surface area contributed by atoms with Crippen molar-refractivity contribution in [2.45, 2.75) is 0 Å². The molecule has 4 heavy (non-hydrogen) atoms. The molecule has 0 amide bonds. The predicted octanol–water partition coefficient (Wildman–Crippen LogP) is -3.29. The summed E-state index contributed by atoms with van der Waals surface area (Å²) < 4.78 is 0. The van der Waals surface area contributed by atoms with Crippen LogP contribution in [0.15, 0.2) is 0 Å². The number of rotatable bonds is 0. The first-order chi connectivity index (χ1) is 0. The molecule has 0 bridgehead atoms. The minimum atomic E-state index is 0. The molecule has 0 rings (SSSR count). The van der Waals surface area contributed by atoms with Gasteiger partial charge in [0.05, 0.1) is 0 Å². The van der Waals surface area contributed by atoms with Crippen LogP contribution in [0, 0.1) is 0 Å². The summed E-state index contributed by atoms with van der Waals surface area (Å²) >= 11 is 0. The Kier molecular flexibility index (Phi) is 124. The van der Waals surface area contributed by atoms with Gasteiger partial charge in [0.2, 0.25) is 0 Å². The molecular weight excluding hydrogens is 376 g/mol. The maximum absolute atomic E-state index is 0. The first kappa shape index (κ1) is 29.1. The zero-order chi connectivity index (χ0) is 0. The molecule has 0 saturated carbocycles. The van der Waals surface area contributed by atoms with Gasteiger partial charge >= 0.3 is 69.3 Å². The molecule has 0 spiro atoms. The molecule has 0 aromatic rings. The van der Waals surface area contributed by atoms with Gasteiger partial charge in [0.1, 0.15) is 0 Å². The molecular formula is H8CuGaInTe. The van der Waals surface area contributed by atoms with Gasteiger partial charge in [-0.2, -0.15) is 0 Å². The summed E-state index contributed by atoms with van der Waals surface area (Å²) in [6.07, 6.45) is 0. The van der Waals surface area contributed by atoms with Gasteiger partial charge in [-0.15, -0.1) is 0 Å². The van der Waals surface area contributed by atoms with Crippen LogP contribution in [-0.4, -0.2) is 69.3 Å². The van der Waals surface area contributed by atoms with Crippen LogP contribution in [0.2, 0.25) is 0 Å². The Labute approximate surface area is 84.9 Å². The van der Waals surface area contributed by atoms with Crippen LogP contribution in [0.4, 0.5) is 0 Å². The molecule has 0 heterocycles. The van der Waals surface area contributed by atoms with Crippen molar-refractivity contribution in [3.8, 4) is 0 Å². The molecule has 31 valence electrons. The maximum atomic E-state index is 0. The Morgan fingerprint density at radius 3 is 1.00 bits per heavy atom. The summed E-state index contributed by atoms with van der Waals surface area (Å²) in [5.41, 5.74) is 0. The van der Waals surface area contributed by atoms with Crippen LogP contribution in [0.25, 0.3) is 0 Å². The van der Waals surface area contributed by atoms with Gasteiger partial charge in [-0.05, 0) is 0 Å². The molecule has 0 fully saturated rings. The summed E-state index contributed by atoms with van der Waals surface area (Å²) in [6.45, 7) is 0. The van der Waals surface area contributed by atoms with E-state index < -0.39 is 0 Å².